The van der Waals surface area contributed by atoms with E-state index in [1.807, 2.05) is 20.8 Å². The molecule has 30 heavy (non-hydrogen) atoms. The Bertz CT molecular complexity index is 982. The number of aromatic nitrogens is 2. The van der Waals surface area contributed by atoms with E-state index in [0.717, 1.165) is 0 Å². The van der Waals surface area contributed by atoms with Crippen molar-refractivity contribution in [1.29, 1.82) is 0 Å². The predicted molar refractivity (Wildman–Crippen MR) is 113 cm³/mol. The van der Waals surface area contributed by atoms with Crippen LogP contribution in [0.4, 0.5) is 19.0 Å². The van der Waals surface area contributed by atoms with Gasteiger partial charge in [0, 0.05) is 21.4 Å². The molecule has 6 nitrogen and oxygen atoms in total. The van der Waals surface area contributed by atoms with Gasteiger partial charge in [0.1, 0.15) is 17.9 Å². The van der Waals surface area contributed by atoms with E-state index >= 15 is 0 Å². The highest BCUT2D eigenvalue weighted by molar-refractivity contribution is 7.99. The Kier molecular flexibility index (Phi) is 7.35. The van der Waals surface area contributed by atoms with Crippen LogP contribution in [0.2, 0.25) is 0 Å². The summed E-state index contributed by atoms with van der Waals surface area (Å²) in [4.78, 5) is 20.7. The summed E-state index contributed by atoms with van der Waals surface area (Å²) in [6.07, 6.45) is -0.736. The van der Waals surface area contributed by atoms with Crippen molar-refractivity contribution in [1.82, 2.24) is 14.7 Å². The number of anilines is 1. The fraction of sp³-hybridized carbons (Fsp3) is 0.350. The Morgan fingerprint density at radius 2 is 1.83 bits per heavy atom. The highest BCUT2D eigenvalue weighted by Gasteiger charge is 2.30. The standard InChI is InChI=1S/C20H23F3N4O2S/c1-12(6-7-13(2)29-20(21,22)23)26-17-15-9-8-14(10-16(15)24-11-25-17)18(28)27-30-19(3,4)5/h6-11H,1-5H3,(H,27,28)(H,24,25,26)/b12-6+,13-7+. The normalized spacial score (nSPS) is 13.3. The van der Waals surface area contributed by atoms with Gasteiger partial charge >= 0.3 is 6.36 Å². The summed E-state index contributed by atoms with van der Waals surface area (Å²) in [5, 5.41) is 3.69. The zero-order chi connectivity index (χ0) is 22.5. The lowest BCUT2D eigenvalue weighted by atomic mass is 10.1. The van der Waals surface area contributed by atoms with E-state index in [2.05, 4.69) is 24.7 Å². The van der Waals surface area contributed by atoms with Gasteiger partial charge in [0.2, 0.25) is 0 Å². The fourth-order valence-corrected chi connectivity index (χ4v) is 2.76. The number of alkyl halides is 3. The molecule has 1 aromatic heterocycles. The lowest BCUT2D eigenvalue weighted by Gasteiger charge is -2.17. The zero-order valence-electron chi connectivity index (χ0n) is 17.2. The molecular weight excluding hydrogens is 417 g/mol. The highest BCUT2D eigenvalue weighted by Crippen LogP contribution is 2.24. The molecule has 2 N–H and O–H groups in total. The van der Waals surface area contributed by atoms with Crippen molar-refractivity contribution in [3.63, 3.8) is 0 Å². The molecule has 0 bridgehead atoms. The van der Waals surface area contributed by atoms with Crippen LogP contribution in [0.15, 0.2) is 48.1 Å². The van der Waals surface area contributed by atoms with Crippen LogP contribution in [-0.4, -0.2) is 27.0 Å². The number of hydrogen-bond acceptors (Lipinski definition) is 6. The largest absolute Gasteiger partial charge is 0.572 e. The third-order valence-electron chi connectivity index (χ3n) is 3.51. The van der Waals surface area contributed by atoms with Gasteiger partial charge in [0.15, 0.2) is 0 Å². The molecule has 10 heteroatoms. The van der Waals surface area contributed by atoms with Gasteiger partial charge in [-0.25, -0.2) is 9.97 Å². The molecule has 1 heterocycles. The van der Waals surface area contributed by atoms with Crippen LogP contribution in [-0.2, 0) is 4.74 Å². The first-order valence-electron chi connectivity index (χ1n) is 8.95. The van der Waals surface area contributed by atoms with Crippen LogP contribution in [0.1, 0.15) is 45.0 Å². The van der Waals surface area contributed by atoms with Gasteiger partial charge in [0.25, 0.3) is 5.91 Å². The molecule has 0 radical (unpaired) electrons. The Balaban J connectivity index is 2.18. The number of carbonyl (C=O) groups is 1. The molecule has 0 aliphatic carbocycles. The second-order valence-corrected chi connectivity index (χ2v) is 9.03. The summed E-state index contributed by atoms with van der Waals surface area (Å²) in [5.41, 5.74) is 1.56. The maximum atomic E-state index is 12.3. The van der Waals surface area contributed by atoms with Crippen molar-refractivity contribution in [2.45, 2.75) is 45.7 Å². The van der Waals surface area contributed by atoms with Gasteiger partial charge in [-0.3, -0.25) is 9.52 Å². The Morgan fingerprint density at radius 3 is 2.47 bits per heavy atom. The van der Waals surface area contributed by atoms with Crippen LogP contribution in [0.3, 0.4) is 0 Å². The van der Waals surface area contributed by atoms with E-state index in [4.69, 9.17) is 0 Å². The number of allylic oxidation sites excluding steroid dienone is 4. The SMILES string of the molecule is C/C(=C\C=C(/C)OC(F)(F)F)Nc1ncnc2cc(C(=O)NSC(C)(C)C)ccc12. The van der Waals surface area contributed by atoms with Crippen molar-refractivity contribution < 1.29 is 22.7 Å². The third-order valence-corrected chi connectivity index (χ3v) is 4.41. The van der Waals surface area contributed by atoms with Gasteiger partial charge in [-0.1, -0.05) is 0 Å². The van der Waals surface area contributed by atoms with E-state index in [1.54, 1.807) is 25.1 Å². The van der Waals surface area contributed by atoms with Crippen LogP contribution >= 0.6 is 11.9 Å². The molecular formula is C20H23F3N4O2S. The summed E-state index contributed by atoms with van der Waals surface area (Å²) in [6.45, 7) is 8.86. The fourth-order valence-electron chi connectivity index (χ4n) is 2.24. The molecule has 2 aromatic rings. The average molecular weight is 440 g/mol. The number of nitrogens with one attached hydrogen (secondary N) is 2. The molecule has 0 aliphatic heterocycles. The number of fused-ring (bicyclic) bond motifs is 1. The molecule has 0 aliphatic rings. The Morgan fingerprint density at radius 1 is 1.13 bits per heavy atom. The summed E-state index contributed by atoms with van der Waals surface area (Å²) in [6, 6.07) is 5.03. The summed E-state index contributed by atoms with van der Waals surface area (Å²) in [5.74, 6) is -0.0566. The predicted octanol–water partition coefficient (Wildman–Crippen LogP) is 5.56. The van der Waals surface area contributed by atoms with E-state index in [0.29, 0.717) is 28.0 Å². The number of halogens is 3. The smallest absolute Gasteiger partial charge is 0.411 e. The van der Waals surface area contributed by atoms with Crippen LogP contribution in [0.25, 0.3) is 10.9 Å². The lowest BCUT2D eigenvalue weighted by Crippen LogP contribution is -2.23. The monoisotopic (exact) mass is 440 g/mol. The van der Waals surface area contributed by atoms with Gasteiger partial charge in [-0.2, -0.15) is 0 Å². The van der Waals surface area contributed by atoms with Crippen LogP contribution in [0, 0.1) is 0 Å². The first-order valence-corrected chi connectivity index (χ1v) is 9.77. The number of carbonyl (C=O) groups excluding carboxylic acids is 1. The number of amides is 1. The second-order valence-electron chi connectivity index (χ2n) is 7.40. The average Bonchev–Trinajstić information content (AvgIpc) is 2.62. The lowest BCUT2D eigenvalue weighted by molar-refractivity contribution is -0.305. The van der Waals surface area contributed by atoms with E-state index < -0.39 is 6.36 Å². The van der Waals surface area contributed by atoms with Gasteiger partial charge < -0.3 is 10.1 Å². The molecule has 1 aromatic carbocycles. The third kappa shape index (κ3) is 7.58. The minimum atomic E-state index is -4.73. The van der Waals surface area contributed by atoms with Crippen molar-refractivity contribution >= 4 is 34.6 Å². The molecule has 0 atom stereocenters. The molecule has 0 saturated carbocycles. The second kappa shape index (κ2) is 9.38. The minimum Gasteiger partial charge on any atom is -0.411 e. The number of rotatable bonds is 6. The van der Waals surface area contributed by atoms with Gasteiger partial charge in [-0.05, 0) is 76.9 Å². The quantitative estimate of drug-likeness (QED) is 0.348. The first-order chi connectivity index (χ1) is 13.8. The molecule has 162 valence electrons. The van der Waals surface area contributed by atoms with Crippen molar-refractivity contribution in [3.05, 3.63) is 53.7 Å². The van der Waals surface area contributed by atoms with E-state index in [9.17, 15) is 18.0 Å². The summed E-state index contributed by atoms with van der Waals surface area (Å²) >= 11 is 1.33. The maximum Gasteiger partial charge on any atom is 0.572 e. The molecule has 0 spiro atoms. The van der Waals surface area contributed by atoms with Gasteiger partial charge in [0.05, 0.1) is 5.52 Å². The zero-order valence-corrected chi connectivity index (χ0v) is 18.0. The molecule has 0 saturated heterocycles. The Hall–Kier alpha value is -2.75. The van der Waals surface area contributed by atoms with Crippen molar-refractivity contribution in [3.8, 4) is 0 Å². The molecule has 0 fully saturated rings. The Labute approximate surface area is 177 Å². The van der Waals surface area contributed by atoms with Crippen LogP contribution < -0.4 is 10.0 Å². The van der Waals surface area contributed by atoms with Crippen LogP contribution in [0.5, 0.6) is 0 Å². The number of nitrogens with zero attached hydrogens (tertiary/aromatic N) is 2. The van der Waals surface area contributed by atoms with E-state index in [-0.39, 0.29) is 16.4 Å². The molecule has 2 rings (SSSR count). The number of hydrogen-bond donors (Lipinski definition) is 2. The first kappa shape index (κ1) is 23.5. The van der Waals surface area contributed by atoms with Crippen molar-refractivity contribution in [2.24, 2.45) is 0 Å². The maximum absolute atomic E-state index is 12.3. The number of ether oxygens (including phenoxy) is 1. The highest BCUT2D eigenvalue weighted by atomic mass is 32.2. The number of benzene rings is 1. The topological polar surface area (TPSA) is 76.1 Å². The van der Waals surface area contributed by atoms with E-state index in [1.165, 1.54) is 37.4 Å². The molecule has 0 unspecified atom stereocenters. The summed E-state index contributed by atoms with van der Waals surface area (Å²) in [7, 11) is 0. The molecule has 1 amide bonds. The van der Waals surface area contributed by atoms with Crippen molar-refractivity contribution in [2.75, 3.05) is 5.32 Å². The minimum absolute atomic E-state index is 0.117. The van der Waals surface area contributed by atoms with Gasteiger partial charge in [-0.15, -0.1) is 13.2 Å². The summed E-state index contributed by atoms with van der Waals surface area (Å²) < 4.78 is 43.1.